The third kappa shape index (κ3) is 10.8. The van der Waals surface area contributed by atoms with Crippen LogP contribution in [0, 0.1) is 6.07 Å². The second kappa shape index (κ2) is 15.9. The molecule has 4 aromatic rings. The van der Waals surface area contributed by atoms with E-state index in [9.17, 15) is 43.7 Å². The van der Waals surface area contributed by atoms with Gasteiger partial charge >= 0.3 is 19.5 Å². The second-order valence-electron chi connectivity index (χ2n) is 8.73. The molecule has 24 heteroatoms. The molecule has 4 rings (SSSR count). The Balaban J connectivity index is 0.00000307. The SMILES string of the molecule is O=C(Nc1c[c-]c(N=NC(N=Nc2cc(S(=O)(=O)O)cc(S(=O)(=O)O)c2)c2cccc(S(=O)(=O)O)c2)cc1)c1cnc(Cl)nc1Cl.[O]=[Co]. The van der Waals surface area contributed by atoms with Gasteiger partial charge in [-0.05, 0) is 47.6 Å². The molecule has 1 unspecified atom stereocenters. The van der Waals surface area contributed by atoms with Gasteiger partial charge in [-0.25, -0.2) is 9.97 Å². The van der Waals surface area contributed by atoms with E-state index in [4.69, 9.17) is 27.1 Å². The van der Waals surface area contributed by atoms with Crippen LogP contribution < -0.4 is 5.32 Å². The Morgan fingerprint density at radius 3 is 1.98 bits per heavy atom. The fraction of sp³-hybridized carbons (Fsp3) is 0.0417. The molecule has 48 heavy (non-hydrogen) atoms. The number of hydrogen-bond acceptors (Lipinski definition) is 14. The van der Waals surface area contributed by atoms with Crippen LogP contribution in [0.1, 0.15) is 22.1 Å². The molecule has 1 amide bonds. The van der Waals surface area contributed by atoms with Crippen molar-refractivity contribution in [2.75, 3.05) is 5.32 Å². The number of azo groups is 2. The first-order valence-electron chi connectivity index (χ1n) is 12.0. The van der Waals surface area contributed by atoms with Gasteiger partial charge in [0.25, 0.3) is 30.4 Å². The molecule has 0 aliphatic rings. The number of nitrogens with zero attached hydrogens (tertiary/aromatic N) is 6. The molecule has 1 aromatic heterocycles. The first-order valence-corrected chi connectivity index (χ1v) is 17.5. The minimum absolute atomic E-state index is 0.00509. The average molecular weight is 804 g/mol. The number of nitrogens with one attached hydrogen (secondary N) is 1. The molecule has 0 bridgehead atoms. The standard InChI is InChI=1S/C24H16Cl2N7O10S3.Co.O/c25-21-20(12-27-24(26)29-21)23(34)28-14-4-6-15(7-5-14)30-32-22(13-2-1-3-17(8-13)44(35,36)37)33-31-16-9-18(45(38,39)40)11-19(10-16)46(41,42)43;;/h1-6,8-12,22H,(H,28,34)(H,35,36,37)(H,38,39,40)(H,41,42,43);;/q-1;;. The molecule has 1 atom stereocenters. The van der Waals surface area contributed by atoms with Crippen LogP contribution in [0.15, 0.2) is 102 Å². The maximum atomic E-state index is 12.5. The van der Waals surface area contributed by atoms with E-state index in [1.54, 1.807) is 0 Å². The molecule has 0 aliphatic heterocycles. The van der Waals surface area contributed by atoms with Crippen LogP contribution in [-0.4, -0.2) is 54.8 Å². The van der Waals surface area contributed by atoms with Gasteiger partial charge in [0.15, 0.2) is 0 Å². The van der Waals surface area contributed by atoms with E-state index in [2.05, 4.69) is 57.5 Å². The van der Waals surface area contributed by atoms with Crippen LogP contribution in [0.2, 0.25) is 10.4 Å². The van der Waals surface area contributed by atoms with E-state index in [1.165, 1.54) is 30.3 Å². The van der Waals surface area contributed by atoms with E-state index in [0.717, 1.165) is 30.5 Å². The summed E-state index contributed by atoms with van der Waals surface area (Å²) in [6, 6.07) is 13.4. The Morgan fingerprint density at radius 1 is 0.833 bits per heavy atom. The molecule has 0 fully saturated rings. The third-order valence-corrected chi connectivity index (χ3v) is 8.47. The van der Waals surface area contributed by atoms with E-state index >= 15 is 0 Å². The van der Waals surface area contributed by atoms with Crippen molar-refractivity contribution in [3.8, 4) is 0 Å². The number of amides is 1. The summed E-state index contributed by atoms with van der Waals surface area (Å²) < 4.78 is 106. The van der Waals surface area contributed by atoms with Crippen molar-refractivity contribution in [3.63, 3.8) is 0 Å². The fourth-order valence-electron chi connectivity index (χ4n) is 3.39. The zero-order valence-electron chi connectivity index (χ0n) is 23.0. The normalized spacial score (nSPS) is 12.8. The number of rotatable bonds is 10. The van der Waals surface area contributed by atoms with Gasteiger partial charge in [0.2, 0.25) is 17.4 Å². The first kappa shape index (κ1) is 38.5. The van der Waals surface area contributed by atoms with Gasteiger partial charge in [-0.2, -0.15) is 57.8 Å². The molecule has 4 N–H and O–H groups in total. The van der Waals surface area contributed by atoms with E-state index in [0.29, 0.717) is 6.07 Å². The monoisotopic (exact) mass is 803 g/mol. The molecule has 18 nitrogen and oxygen atoms in total. The van der Waals surface area contributed by atoms with Gasteiger partial charge in [0.1, 0.15) is 5.15 Å². The molecule has 0 saturated heterocycles. The topological polar surface area (TPSA) is 284 Å². The fourth-order valence-corrected chi connectivity index (χ4v) is 5.48. The Kier molecular flexibility index (Phi) is 12.8. The van der Waals surface area contributed by atoms with Crippen molar-refractivity contribution < 1.29 is 63.2 Å². The number of aromatic nitrogens is 2. The molecule has 1 heterocycles. The summed E-state index contributed by atoms with van der Waals surface area (Å²) >= 11 is 13.9. The van der Waals surface area contributed by atoms with Crippen LogP contribution in [0.25, 0.3) is 0 Å². The Hall–Kier alpha value is -3.97. The van der Waals surface area contributed by atoms with Crippen molar-refractivity contribution in [1.82, 2.24) is 9.97 Å². The second-order valence-corrected chi connectivity index (χ2v) is 13.7. The molecular weight excluding hydrogens is 788 g/mol. The zero-order chi connectivity index (χ0) is 35.9. The predicted octanol–water partition coefficient (Wildman–Crippen LogP) is 5.02. The Labute approximate surface area is 289 Å². The number of carbonyl (C=O) groups is 1. The van der Waals surface area contributed by atoms with Crippen LogP contribution in [0.4, 0.5) is 17.1 Å². The third-order valence-electron chi connectivity index (χ3n) is 5.48. The Morgan fingerprint density at radius 2 is 1.44 bits per heavy atom. The molecule has 0 radical (unpaired) electrons. The van der Waals surface area contributed by atoms with Crippen molar-refractivity contribution in [2.45, 2.75) is 20.9 Å². The first-order chi connectivity index (χ1) is 22.4. The number of hydrogen-bond donors (Lipinski definition) is 4. The number of anilines is 1. The van der Waals surface area contributed by atoms with Crippen molar-refractivity contribution in [1.29, 1.82) is 0 Å². The van der Waals surface area contributed by atoms with Gasteiger partial charge < -0.3 is 5.32 Å². The predicted molar refractivity (Wildman–Crippen MR) is 160 cm³/mol. The molecule has 0 aliphatic carbocycles. The average Bonchev–Trinajstić information content (AvgIpc) is 3.01. The van der Waals surface area contributed by atoms with Gasteiger partial charge in [-0.3, -0.25) is 18.5 Å². The quantitative estimate of drug-likeness (QED) is 0.0539. The maximum absolute atomic E-state index is 12.5. The van der Waals surface area contributed by atoms with E-state index in [-0.39, 0.29) is 32.9 Å². The minimum atomic E-state index is -4.96. The summed E-state index contributed by atoms with van der Waals surface area (Å²) in [5, 5.41) is 17.8. The molecule has 255 valence electrons. The summed E-state index contributed by atoms with van der Waals surface area (Å²) in [6.45, 7) is 0. The summed E-state index contributed by atoms with van der Waals surface area (Å²) in [6.07, 6.45) is -0.363. The van der Waals surface area contributed by atoms with Crippen molar-refractivity contribution in [2.24, 2.45) is 20.5 Å². The molecular formula is C24H16Cl2CoN7O11S3-. The van der Waals surface area contributed by atoms with Crippen molar-refractivity contribution >= 4 is 76.5 Å². The van der Waals surface area contributed by atoms with Crippen LogP contribution >= 0.6 is 23.2 Å². The Bertz CT molecular complexity index is 2190. The zero-order valence-corrected chi connectivity index (χ0v) is 28.0. The van der Waals surface area contributed by atoms with Crippen LogP contribution in [-0.2, 0) is 49.9 Å². The summed E-state index contributed by atoms with van der Waals surface area (Å²) in [5.74, 6) is -0.654. The van der Waals surface area contributed by atoms with Gasteiger partial charge in [-0.1, -0.05) is 29.4 Å². The molecule has 0 saturated carbocycles. The number of carbonyl (C=O) groups excluding carboxylic acids is 1. The summed E-state index contributed by atoms with van der Waals surface area (Å²) in [4.78, 5) is 17.5. The van der Waals surface area contributed by atoms with Crippen molar-refractivity contribution in [3.05, 3.63) is 94.5 Å². The summed E-state index contributed by atoms with van der Waals surface area (Å²) in [5.41, 5.74) is -0.221. The summed E-state index contributed by atoms with van der Waals surface area (Å²) in [7, 11) is -14.6. The van der Waals surface area contributed by atoms with Gasteiger partial charge in [-0.15, -0.1) is 12.1 Å². The number of halogens is 2. The van der Waals surface area contributed by atoms with Crippen LogP contribution in [0.5, 0.6) is 0 Å². The number of benzene rings is 3. The van der Waals surface area contributed by atoms with Crippen LogP contribution in [0.3, 0.4) is 0 Å². The van der Waals surface area contributed by atoms with Gasteiger partial charge in [0.05, 0.1) is 25.9 Å². The van der Waals surface area contributed by atoms with E-state index in [1.807, 2.05) is 0 Å². The van der Waals surface area contributed by atoms with Gasteiger partial charge in [0, 0.05) is 11.8 Å². The molecule has 0 spiro atoms. The molecule has 3 aromatic carbocycles. The van der Waals surface area contributed by atoms with E-state index < -0.39 is 62.8 Å².